The van der Waals surface area contributed by atoms with Gasteiger partial charge >= 0.3 is 5.97 Å². The van der Waals surface area contributed by atoms with Crippen LogP contribution in [0.25, 0.3) is 5.52 Å². The third-order valence-electron chi connectivity index (χ3n) is 2.78. The lowest BCUT2D eigenvalue weighted by Gasteiger charge is -2.15. The minimum absolute atomic E-state index is 0.257. The topological polar surface area (TPSA) is 56.5 Å². The van der Waals surface area contributed by atoms with E-state index >= 15 is 0 Å². The Labute approximate surface area is 106 Å². The zero-order valence-corrected chi connectivity index (χ0v) is 11.3. The van der Waals surface area contributed by atoms with E-state index in [-0.39, 0.29) is 5.97 Å². The summed E-state index contributed by atoms with van der Waals surface area (Å²) in [6, 6.07) is 0. The first-order valence-electron chi connectivity index (χ1n) is 5.82. The van der Waals surface area contributed by atoms with Crippen LogP contribution in [0.5, 0.6) is 5.75 Å². The molecule has 0 fully saturated rings. The minimum atomic E-state index is -0.527. The highest BCUT2D eigenvalue weighted by molar-refractivity contribution is 5.79. The van der Waals surface area contributed by atoms with E-state index in [1.807, 2.05) is 34.6 Å². The summed E-state index contributed by atoms with van der Waals surface area (Å²) in [5, 5.41) is 4.11. The fourth-order valence-electron chi connectivity index (χ4n) is 1.67. The van der Waals surface area contributed by atoms with E-state index in [0.717, 1.165) is 16.8 Å². The lowest BCUT2D eigenvalue weighted by Crippen LogP contribution is -2.25. The van der Waals surface area contributed by atoms with Crippen molar-refractivity contribution in [2.75, 3.05) is 0 Å². The highest BCUT2D eigenvalue weighted by atomic mass is 16.5. The number of nitrogens with zero attached hydrogens (tertiary/aromatic N) is 3. The molecule has 0 saturated heterocycles. The molecule has 0 spiro atoms. The van der Waals surface area contributed by atoms with Crippen LogP contribution in [0.4, 0.5) is 0 Å². The molecule has 0 saturated carbocycles. The maximum atomic E-state index is 11.9. The number of ether oxygens (including phenoxy) is 1. The average Bonchev–Trinajstić information content (AvgIpc) is 2.56. The van der Waals surface area contributed by atoms with Gasteiger partial charge in [-0.2, -0.15) is 5.10 Å². The van der Waals surface area contributed by atoms with Crippen LogP contribution in [-0.2, 0) is 4.79 Å². The Hall–Kier alpha value is -1.91. The summed E-state index contributed by atoms with van der Waals surface area (Å²) in [5.74, 6) is 0.283. The van der Waals surface area contributed by atoms with E-state index in [1.165, 1.54) is 6.33 Å². The summed E-state index contributed by atoms with van der Waals surface area (Å²) in [7, 11) is 0. The van der Waals surface area contributed by atoms with Crippen molar-refractivity contribution in [3.05, 3.63) is 23.8 Å². The van der Waals surface area contributed by atoms with Crippen LogP contribution in [0.2, 0.25) is 0 Å². The number of aromatic nitrogens is 3. The molecule has 0 aromatic carbocycles. The number of rotatable bonds is 1. The summed E-state index contributed by atoms with van der Waals surface area (Å²) in [5.41, 5.74) is 2.10. The molecule has 0 amide bonds. The molecule has 2 heterocycles. The van der Waals surface area contributed by atoms with Gasteiger partial charge < -0.3 is 4.74 Å². The van der Waals surface area contributed by atoms with Crippen molar-refractivity contribution >= 4 is 11.5 Å². The van der Waals surface area contributed by atoms with Crippen molar-refractivity contribution in [1.82, 2.24) is 14.6 Å². The second-order valence-corrected chi connectivity index (χ2v) is 5.40. The van der Waals surface area contributed by atoms with Gasteiger partial charge in [0.15, 0.2) is 5.75 Å². The normalized spacial score (nSPS) is 11.8. The van der Waals surface area contributed by atoms with Gasteiger partial charge in [0.05, 0.1) is 22.8 Å². The molecule has 0 bridgehead atoms. The van der Waals surface area contributed by atoms with Crippen LogP contribution in [0.3, 0.4) is 0 Å². The molecule has 2 rings (SSSR count). The number of carbonyl (C=O) groups excluding carboxylic acids is 1. The number of hydrogen-bond acceptors (Lipinski definition) is 4. The molecule has 0 aliphatic rings. The number of fused-ring (bicyclic) bond motifs is 1. The van der Waals surface area contributed by atoms with Gasteiger partial charge in [-0.05, 0) is 34.6 Å². The molecule has 2 aromatic heterocycles. The molecule has 0 N–H and O–H groups in total. The van der Waals surface area contributed by atoms with E-state index in [1.54, 1.807) is 10.7 Å². The second kappa shape index (κ2) is 4.08. The van der Waals surface area contributed by atoms with Crippen molar-refractivity contribution in [2.24, 2.45) is 5.41 Å². The maximum absolute atomic E-state index is 11.9. The molecule has 0 aliphatic carbocycles. The van der Waals surface area contributed by atoms with Crippen molar-refractivity contribution in [3.8, 4) is 5.75 Å². The fourth-order valence-corrected chi connectivity index (χ4v) is 1.67. The summed E-state index contributed by atoms with van der Waals surface area (Å²) in [6.07, 6.45) is 3.19. The van der Waals surface area contributed by atoms with Gasteiger partial charge in [-0.15, -0.1) is 0 Å². The highest BCUT2D eigenvalue weighted by Gasteiger charge is 2.25. The first-order valence-corrected chi connectivity index (χ1v) is 5.82. The molecule has 0 atom stereocenters. The van der Waals surface area contributed by atoms with Crippen LogP contribution in [0.15, 0.2) is 12.5 Å². The smallest absolute Gasteiger partial charge is 0.316 e. The summed E-state index contributed by atoms with van der Waals surface area (Å²) in [4.78, 5) is 16.0. The van der Waals surface area contributed by atoms with E-state index in [4.69, 9.17) is 4.74 Å². The van der Waals surface area contributed by atoms with Gasteiger partial charge in [0.25, 0.3) is 0 Å². The maximum Gasteiger partial charge on any atom is 0.316 e. The van der Waals surface area contributed by atoms with E-state index in [0.29, 0.717) is 5.75 Å². The standard InChI is InChI=1S/C13H17N3O2/c1-8-10(18-12(17)13(3,4)5)6-16-11(8)9(2)14-7-15-16/h6-7H,1-5H3. The van der Waals surface area contributed by atoms with Gasteiger partial charge in [0.2, 0.25) is 0 Å². The van der Waals surface area contributed by atoms with Crippen LogP contribution in [0.1, 0.15) is 32.0 Å². The number of aryl methyl sites for hydroxylation is 2. The Morgan fingerprint density at radius 1 is 1.33 bits per heavy atom. The second-order valence-electron chi connectivity index (χ2n) is 5.40. The summed E-state index contributed by atoms with van der Waals surface area (Å²) >= 11 is 0. The van der Waals surface area contributed by atoms with Crippen LogP contribution in [-0.4, -0.2) is 20.6 Å². The Kier molecular flexibility index (Phi) is 2.84. The third kappa shape index (κ3) is 2.08. The molecule has 0 aliphatic heterocycles. The monoisotopic (exact) mass is 247 g/mol. The van der Waals surface area contributed by atoms with E-state index in [9.17, 15) is 4.79 Å². The Balaban J connectivity index is 2.45. The molecule has 5 heteroatoms. The van der Waals surface area contributed by atoms with Crippen LogP contribution >= 0.6 is 0 Å². The third-order valence-corrected chi connectivity index (χ3v) is 2.78. The molecule has 96 valence electrons. The van der Waals surface area contributed by atoms with E-state index < -0.39 is 5.41 Å². The van der Waals surface area contributed by atoms with Crippen molar-refractivity contribution in [3.63, 3.8) is 0 Å². The predicted molar refractivity (Wildman–Crippen MR) is 67.6 cm³/mol. The lowest BCUT2D eigenvalue weighted by atomic mass is 9.97. The quantitative estimate of drug-likeness (QED) is 0.725. The van der Waals surface area contributed by atoms with Crippen molar-refractivity contribution in [2.45, 2.75) is 34.6 Å². The zero-order valence-electron chi connectivity index (χ0n) is 11.3. The summed E-state index contributed by atoms with van der Waals surface area (Å²) in [6.45, 7) is 9.28. The van der Waals surface area contributed by atoms with Gasteiger partial charge in [-0.1, -0.05) is 0 Å². The van der Waals surface area contributed by atoms with Crippen molar-refractivity contribution in [1.29, 1.82) is 0 Å². The molecule has 18 heavy (non-hydrogen) atoms. The number of carbonyl (C=O) groups is 1. The Morgan fingerprint density at radius 2 is 2.00 bits per heavy atom. The van der Waals surface area contributed by atoms with Gasteiger partial charge in [0, 0.05) is 5.56 Å². The number of esters is 1. The SMILES string of the molecule is Cc1ncnn2cc(OC(=O)C(C)(C)C)c(C)c12. The first-order chi connectivity index (χ1) is 8.30. The average molecular weight is 247 g/mol. The first kappa shape index (κ1) is 12.5. The highest BCUT2D eigenvalue weighted by Crippen LogP contribution is 2.27. The Morgan fingerprint density at radius 3 is 2.56 bits per heavy atom. The van der Waals surface area contributed by atoms with Crippen LogP contribution in [0, 0.1) is 19.3 Å². The van der Waals surface area contributed by atoms with Crippen molar-refractivity contribution < 1.29 is 9.53 Å². The van der Waals surface area contributed by atoms with Gasteiger partial charge in [-0.3, -0.25) is 4.79 Å². The molecule has 5 nitrogen and oxygen atoms in total. The Bertz CT molecular complexity index is 608. The molecular weight excluding hydrogens is 230 g/mol. The lowest BCUT2D eigenvalue weighted by molar-refractivity contribution is -0.143. The zero-order chi connectivity index (χ0) is 13.5. The number of hydrogen-bond donors (Lipinski definition) is 0. The molecule has 0 unspecified atom stereocenters. The van der Waals surface area contributed by atoms with E-state index in [2.05, 4.69) is 10.1 Å². The summed E-state index contributed by atoms with van der Waals surface area (Å²) < 4.78 is 7.11. The molecule has 2 aromatic rings. The fraction of sp³-hybridized carbons (Fsp3) is 0.462. The predicted octanol–water partition coefficient (Wildman–Crippen LogP) is 2.30. The van der Waals surface area contributed by atoms with Gasteiger partial charge in [-0.25, -0.2) is 9.50 Å². The molecular formula is C13H17N3O2. The molecule has 0 radical (unpaired) electrons. The minimum Gasteiger partial charge on any atom is -0.424 e. The van der Waals surface area contributed by atoms with Crippen LogP contribution < -0.4 is 4.74 Å². The van der Waals surface area contributed by atoms with Gasteiger partial charge in [0.1, 0.15) is 6.33 Å². The largest absolute Gasteiger partial charge is 0.424 e.